The Balaban J connectivity index is 1.63. The monoisotopic (exact) mass is 618 g/mol. The second-order valence-corrected chi connectivity index (χ2v) is 12.8. The van der Waals surface area contributed by atoms with Crippen molar-refractivity contribution in [1.29, 1.82) is 0 Å². The van der Waals surface area contributed by atoms with E-state index in [4.69, 9.17) is 0 Å². The van der Waals surface area contributed by atoms with Gasteiger partial charge in [-0.3, -0.25) is 13.9 Å². The predicted octanol–water partition coefficient (Wildman–Crippen LogP) is 3.13. The topological polar surface area (TPSA) is 148 Å². The predicted molar refractivity (Wildman–Crippen MR) is 171 cm³/mol. The molecule has 232 valence electrons. The van der Waals surface area contributed by atoms with Crippen LogP contribution < -0.4 is 19.8 Å². The number of anilines is 2. The minimum Gasteiger partial charge on any atom is -0.389 e. The zero-order chi connectivity index (χ0) is 31.9. The molecule has 44 heavy (non-hydrogen) atoms. The van der Waals surface area contributed by atoms with Crippen LogP contribution in [0.4, 0.5) is 11.5 Å². The number of aromatic amines is 1. The van der Waals surface area contributed by atoms with Crippen molar-refractivity contribution in [3.05, 3.63) is 114 Å². The van der Waals surface area contributed by atoms with E-state index >= 15 is 0 Å². The standard InChI is InChI=1S/C32H38N6O5S/c1-22(24-13-9-6-10-14-24)35-31(40)25-16-26(18-27(17-25)38(3)44(4,42)43)32(41)36-28(15-23-11-7-5-8-12-23)29(39)20-37(2)30-19-33-21-34-30/h5-14,16-19,21-22,28-29,39H,15,20H2,1-4H3,(H,33,34)(H,35,40)(H,36,41)/t22-,28+,29-/m1/s1. The molecule has 3 atom stereocenters. The van der Waals surface area contributed by atoms with Gasteiger partial charge in [0.1, 0.15) is 5.82 Å². The summed E-state index contributed by atoms with van der Waals surface area (Å²) in [6.45, 7) is 2.02. The molecule has 1 heterocycles. The highest BCUT2D eigenvalue weighted by Gasteiger charge is 2.26. The number of carbonyl (C=O) groups excluding carboxylic acids is 2. The Hall–Kier alpha value is -4.68. The van der Waals surface area contributed by atoms with Gasteiger partial charge in [0, 0.05) is 31.8 Å². The Kier molecular flexibility index (Phi) is 10.4. The van der Waals surface area contributed by atoms with Gasteiger partial charge >= 0.3 is 0 Å². The lowest BCUT2D eigenvalue weighted by atomic mass is 9.99. The van der Waals surface area contributed by atoms with Gasteiger partial charge in [-0.25, -0.2) is 13.4 Å². The van der Waals surface area contributed by atoms with E-state index in [0.29, 0.717) is 12.2 Å². The fourth-order valence-corrected chi connectivity index (χ4v) is 5.21. The molecule has 4 rings (SSSR count). The number of H-pyrrole nitrogens is 1. The maximum absolute atomic E-state index is 13.8. The minimum atomic E-state index is -3.70. The van der Waals surface area contributed by atoms with Crippen LogP contribution in [-0.4, -0.2) is 74.3 Å². The number of hydrogen-bond donors (Lipinski definition) is 4. The summed E-state index contributed by atoms with van der Waals surface area (Å²) in [5.74, 6) is -0.338. The van der Waals surface area contributed by atoms with E-state index in [1.165, 1.54) is 31.6 Å². The number of aliphatic hydroxyl groups is 1. The number of aromatic nitrogens is 2. The highest BCUT2D eigenvalue weighted by molar-refractivity contribution is 7.92. The molecule has 0 spiro atoms. The van der Waals surface area contributed by atoms with Crippen LogP contribution in [-0.2, 0) is 16.4 Å². The van der Waals surface area contributed by atoms with E-state index in [9.17, 15) is 23.1 Å². The van der Waals surface area contributed by atoms with Crippen molar-refractivity contribution < 1.29 is 23.1 Å². The first-order chi connectivity index (χ1) is 20.9. The van der Waals surface area contributed by atoms with Gasteiger partial charge in [-0.2, -0.15) is 0 Å². The smallest absolute Gasteiger partial charge is 0.251 e. The quantitative estimate of drug-likeness (QED) is 0.180. The van der Waals surface area contributed by atoms with Crippen molar-refractivity contribution in [3.8, 4) is 0 Å². The molecule has 0 saturated heterocycles. The highest BCUT2D eigenvalue weighted by atomic mass is 32.2. The van der Waals surface area contributed by atoms with Crippen LogP contribution in [0.15, 0.2) is 91.4 Å². The number of carbonyl (C=O) groups is 2. The summed E-state index contributed by atoms with van der Waals surface area (Å²) in [7, 11) is -0.552. The minimum absolute atomic E-state index is 0.0719. The summed E-state index contributed by atoms with van der Waals surface area (Å²) in [5.41, 5.74) is 2.13. The molecule has 4 aromatic rings. The van der Waals surface area contributed by atoms with Crippen LogP contribution in [0.25, 0.3) is 0 Å². The van der Waals surface area contributed by atoms with E-state index in [-0.39, 0.29) is 29.4 Å². The van der Waals surface area contributed by atoms with Crippen LogP contribution in [0.3, 0.4) is 0 Å². The van der Waals surface area contributed by atoms with E-state index in [1.54, 1.807) is 18.1 Å². The first-order valence-electron chi connectivity index (χ1n) is 14.1. The maximum atomic E-state index is 13.8. The second kappa shape index (κ2) is 14.2. The molecule has 2 amide bonds. The summed E-state index contributed by atoms with van der Waals surface area (Å²) in [6.07, 6.45) is 3.54. The lowest BCUT2D eigenvalue weighted by Crippen LogP contribution is -2.49. The highest BCUT2D eigenvalue weighted by Crippen LogP contribution is 2.22. The first-order valence-corrected chi connectivity index (χ1v) is 15.9. The molecule has 0 aliphatic heterocycles. The van der Waals surface area contributed by atoms with Crippen LogP contribution in [0.1, 0.15) is 44.8 Å². The lowest BCUT2D eigenvalue weighted by molar-refractivity contribution is 0.0843. The number of nitrogens with one attached hydrogen (secondary N) is 3. The molecule has 12 heteroatoms. The van der Waals surface area contributed by atoms with Gasteiger partial charge in [-0.1, -0.05) is 60.7 Å². The Morgan fingerprint density at radius 3 is 2.09 bits per heavy atom. The van der Waals surface area contributed by atoms with E-state index in [0.717, 1.165) is 21.7 Å². The van der Waals surface area contributed by atoms with Gasteiger partial charge in [-0.15, -0.1) is 0 Å². The second-order valence-electron chi connectivity index (χ2n) is 10.8. The molecule has 0 saturated carbocycles. The molecule has 0 aliphatic carbocycles. The van der Waals surface area contributed by atoms with Gasteiger partial charge < -0.3 is 25.6 Å². The molecule has 3 aromatic carbocycles. The van der Waals surface area contributed by atoms with Gasteiger partial charge in [0.05, 0.1) is 42.7 Å². The zero-order valence-electron chi connectivity index (χ0n) is 25.1. The molecule has 0 radical (unpaired) electrons. The van der Waals surface area contributed by atoms with Crippen molar-refractivity contribution in [3.63, 3.8) is 0 Å². The van der Waals surface area contributed by atoms with Crippen molar-refractivity contribution >= 4 is 33.3 Å². The molecule has 0 unspecified atom stereocenters. The van der Waals surface area contributed by atoms with Gasteiger partial charge in [0.15, 0.2) is 0 Å². The molecule has 4 N–H and O–H groups in total. The molecule has 0 fully saturated rings. The molecular weight excluding hydrogens is 580 g/mol. The Morgan fingerprint density at radius 1 is 0.932 bits per heavy atom. The molecule has 0 aliphatic rings. The van der Waals surface area contributed by atoms with E-state index in [1.807, 2.05) is 67.6 Å². The summed E-state index contributed by atoms with van der Waals surface area (Å²) in [4.78, 5) is 35.9. The Labute approximate surface area is 258 Å². The van der Waals surface area contributed by atoms with Gasteiger partial charge in [-0.05, 0) is 42.7 Å². The van der Waals surface area contributed by atoms with Crippen molar-refractivity contribution in [2.45, 2.75) is 31.5 Å². The van der Waals surface area contributed by atoms with Gasteiger partial charge in [0.25, 0.3) is 11.8 Å². The number of imidazole rings is 1. The summed E-state index contributed by atoms with van der Waals surface area (Å²) >= 11 is 0. The van der Waals surface area contributed by atoms with E-state index < -0.39 is 34.0 Å². The fourth-order valence-electron chi connectivity index (χ4n) is 4.72. The summed E-state index contributed by atoms with van der Waals surface area (Å²) in [5, 5.41) is 17.1. The third-order valence-corrected chi connectivity index (χ3v) is 8.59. The van der Waals surface area contributed by atoms with Crippen LogP contribution in [0.2, 0.25) is 0 Å². The lowest BCUT2D eigenvalue weighted by Gasteiger charge is -2.28. The number of benzene rings is 3. The Bertz CT molecular complexity index is 1650. The molecule has 0 bridgehead atoms. The normalized spacial score (nSPS) is 13.4. The summed E-state index contributed by atoms with van der Waals surface area (Å²) < 4.78 is 25.8. The van der Waals surface area contributed by atoms with Crippen molar-refractivity contribution in [1.82, 2.24) is 20.6 Å². The van der Waals surface area contributed by atoms with Crippen molar-refractivity contribution in [2.75, 3.05) is 36.1 Å². The number of sulfonamides is 1. The molecule has 1 aromatic heterocycles. The average molecular weight is 619 g/mol. The third kappa shape index (κ3) is 8.45. The maximum Gasteiger partial charge on any atom is 0.251 e. The first kappa shape index (κ1) is 32.2. The number of nitrogens with zero attached hydrogens (tertiary/aromatic N) is 3. The Morgan fingerprint density at radius 2 is 1.52 bits per heavy atom. The largest absolute Gasteiger partial charge is 0.389 e. The average Bonchev–Trinajstić information content (AvgIpc) is 3.56. The van der Waals surface area contributed by atoms with Crippen molar-refractivity contribution in [2.24, 2.45) is 0 Å². The van der Waals surface area contributed by atoms with E-state index in [2.05, 4.69) is 20.6 Å². The number of hydrogen-bond acceptors (Lipinski definition) is 7. The SMILES string of the molecule is C[C@@H](NC(=O)c1cc(C(=O)N[C@@H](Cc2ccccc2)[C@H](O)CN(C)c2cnc[nH]2)cc(N(C)S(C)(=O)=O)c1)c1ccccc1. The molecule has 11 nitrogen and oxygen atoms in total. The zero-order valence-corrected chi connectivity index (χ0v) is 26.0. The number of amides is 2. The fraction of sp³-hybridized carbons (Fsp3) is 0.281. The van der Waals surface area contributed by atoms with Crippen LogP contribution in [0, 0.1) is 0 Å². The van der Waals surface area contributed by atoms with Gasteiger partial charge in [0.2, 0.25) is 10.0 Å². The number of likely N-dealkylation sites (N-methyl/N-ethyl adjacent to an activating group) is 1. The third-order valence-electron chi connectivity index (χ3n) is 7.39. The van der Waals surface area contributed by atoms with Crippen LogP contribution >= 0.6 is 0 Å². The number of aliphatic hydroxyl groups excluding tert-OH is 1. The van der Waals surface area contributed by atoms with Crippen LogP contribution in [0.5, 0.6) is 0 Å². The molecular formula is C32H38N6O5S. The number of rotatable bonds is 13. The summed E-state index contributed by atoms with van der Waals surface area (Å²) in [6, 6.07) is 22.1.